The number of nitrogens with zero attached hydrogens (tertiary/aromatic N) is 1. The van der Waals surface area contributed by atoms with Gasteiger partial charge in [-0.25, -0.2) is 8.42 Å². The lowest BCUT2D eigenvalue weighted by atomic mass is 9.87. The Balaban J connectivity index is 3.16. The van der Waals surface area contributed by atoms with Crippen molar-refractivity contribution in [3.63, 3.8) is 0 Å². The second kappa shape index (κ2) is 6.15. The van der Waals surface area contributed by atoms with E-state index in [-0.39, 0.29) is 16.7 Å². The van der Waals surface area contributed by atoms with E-state index < -0.39 is 22.0 Å². The number of hydrogen-bond donors (Lipinski definition) is 1. The van der Waals surface area contributed by atoms with Crippen LogP contribution in [0.5, 0.6) is 0 Å². The molecule has 0 spiro atoms. The van der Waals surface area contributed by atoms with Crippen LogP contribution in [0.2, 0.25) is 0 Å². The molecule has 1 aromatic rings. The van der Waals surface area contributed by atoms with Crippen LogP contribution in [0.4, 0.5) is 0 Å². The summed E-state index contributed by atoms with van der Waals surface area (Å²) in [5.41, 5.74) is 0.954. The first-order chi connectivity index (χ1) is 9.51. The summed E-state index contributed by atoms with van der Waals surface area (Å²) in [6, 6.07) is 5.53. The fourth-order valence-electron chi connectivity index (χ4n) is 2.05. The van der Waals surface area contributed by atoms with Crippen molar-refractivity contribution >= 4 is 16.0 Å². The summed E-state index contributed by atoms with van der Waals surface area (Å²) in [6.07, 6.45) is 0.213. The molecule has 0 amide bonds. The molecule has 0 heterocycles. The Morgan fingerprint density at radius 2 is 1.71 bits per heavy atom. The van der Waals surface area contributed by atoms with Crippen LogP contribution in [-0.2, 0) is 20.2 Å². The molecule has 1 unspecified atom stereocenters. The van der Waals surface area contributed by atoms with Crippen molar-refractivity contribution in [3.05, 3.63) is 29.8 Å². The predicted octanol–water partition coefficient (Wildman–Crippen LogP) is 2.47. The van der Waals surface area contributed by atoms with E-state index in [0.717, 1.165) is 9.87 Å². The van der Waals surface area contributed by atoms with Crippen molar-refractivity contribution in [1.82, 2.24) is 4.31 Å². The van der Waals surface area contributed by atoms with Gasteiger partial charge in [-0.05, 0) is 29.5 Å². The molecule has 0 fully saturated rings. The van der Waals surface area contributed by atoms with Crippen LogP contribution in [0, 0.1) is 0 Å². The van der Waals surface area contributed by atoms with Crippen LogP contribution in [0.15, 0.2) is 29.2 Å². The molecule has 1 rings (SSSR count). The van der Waals surface area contributed by atoms with Crippen LogP contribution in [0.25, 0.3) is 0 Å². The molecule has 21 heavy (non-hydrogen) atoms. The lowest BCUT2D eigenvalue weighted by Gasteiger charge is -2.24. The average Bonchev–Trinajstić information content (AvgIpc) is 2.38. The van der Waals surface area contributed by atoms with Gasteiger partial charge in [-0.3, -0.25) is 4.79 Å². The third-order valence-electron chi connectivity index (χ3n) is 3.51. The number of rotatable bonds is 5. The zero-order chi connectivity index (χ0) is 16.4. The Morgan fingerprint density at radius 1 is 1.24 bits per heavy atom. The summed E-state index contributed by atoms with van der Waals surface area (Å²) < 4.78 is 25.8. The first-order valence-corrected chi connectivity index (χ1v) is 8.27. The monoisotopic (exact) mass is 313 g/mol. The van der Waals surface area contributed by atoms with Gasteiger partial charge in [-0.1, -0.05) is 39.8 Å². The van der Waals surface area contributed by atoms with E-state index in [2.05, 4.69) is 0 Å². The second-order valence-electron chi connectivity index (χ2n) is 6.06. The highest BCUT2D eigenvalue weighted by atomic mass is 32.2. The minimum atomic E-state index is -3.81. The zero-order valence-corrected chi connectivity index (χ0v) is 13.9. The van der Waals surface area contributed by atoms with Gasteiger partial charge < -0.3 is 5.11 Å². The number of sulfonamides is 1. The molecule has 0 aromatic heterocycles. The van der Waals surface area contributed by atoms with E-state index in [1.54, 1.807) is 19.1 Å². The maximum absolute atomic E-state index is 12.5. The molecular formula is C15H23NO4S. The number of benzene rings is 1. The van der Waals surface area contributed by atoms with E-state index in [9.17, 15) is 13.2 Å². The second-order valence-corrected chi connectivity index (χ2v) is 8.06. The minimum absolute atomic E-state index is 0.0682. The van der Waals surface area contributed by atoms with Gasteiger partial charge >= 0.3 is 5.97 Å². The van der Waals surface area contributed by atoms with Crippen LogP contribution < -0.4 is 0 Å². The van der Waals surface area contributed by atoms with E-state index >= 15 is 0 Å². The predicted molar refractivity (Wildman–Crippen MR) is 81.8 cm³/mol. The van der Waals surface area contributed by atoms with Crippen molar-refractivity contribution in [2.75, 3.05) is 7.05 Å². The highest BCUT2D eigenvalue weighted by molar-refractivity contribution is 7.89. The van der Waals surface area contributed by atoms with Gasteiger partial charge in [0.15, 0.2) is 0 Å². The van der Waals surface area contributed by atoms with Gasteiger partial charge in [-0.2, -0.15) is 4.31 Å². The van der Waals surface area contributed by atoms with E-state index in [1.807, 2.05) is 20.8 Å². The molecule has 1 atom stereocenters. The van der Waals surface area contributed by atoms with Crippen molar-refractivity contribution in [1.29, 1.82) is 0 Å². The van der Waals surface area contributed by atoms with Crippen LogP contribution in [0.3, 0.4) is 0 Å². The minimum Gasteiger partial charge on any atom is -0.480 e. The summed E-state index contributed by atoms with van der Waals surface area (Å²) in [7, 11) is -2.50. The van der Waals surface area contributed by atoms with Gasteiger partial charge in [0.05, 0.1) is 4.90 Å². The van der Waals surface area contributed by atoms with Crippen molar-refractivity contribution in [3.8, 4) is 0 Å². The molecule has 0 aliphatic heterocycles. The van der Waals surface area contributed by atoms with Gasteiger partial charge in [-0.15, -0.1) is 0 Å². The molecule has 118 valence electrons. The molecule has 5 nitrogen and oxygen atoms in total. The molecule has 0 bridgehead atoms. The third-order valence-corrected chi connectivity index (χ3v) is 5.39. The first kappa shape index (κ1) is 17.7. The normalized spacial score (nSPS) is 14.2. The van der Waals surface area contributed by atoms with Crippen molar-refractivity contribution in [2.45, 2.75) is 50.5 Å². The Labute approximate surface area is 126 Å². The number of likely N-dealkylation sites (N-methyl/N-ethyl adjacent to an activating group) is 1. The maximum Gasteiger partial charge on any atom is 0.321 e. The molecule has 1 N–H and O–H groups in total. The van der Waals surface area contributed by atoms with Gasteiger partial charge in [0, 0.05) is 7.05 Å². The van der Waals surface area contributed by atoms with Crippen LogP contribution in [-0.4, -0.2) is 36.9 Å². The average molecular weight is 313 g/mol. The SMILES string of the molecule is CCC(C(=O)O)N(C)S(=O)(=O)c1ccc(C(C)(C)C)cc1. The Hall–Kier alpha value is -1.40. The summed E-state index contributed by atoms with van der Waals surface area (Å²) >= 11 is 0. The molecule has 0 aliphatic carbocycles. The molecule has 6 heteroatoms. The lowest BCUT2D eigenvalue weighted by molar-refractivity contribution is -0.141. The fraction of sp³-hybridized carbons (Fsp3) is 0.533. The van der Waals surface area contributed by atoms with Gasteiger partial charge in [0.1, 0.15) is 6.04 Å². The lowest BCUT2D eigenvalue weighted by Crippen LogP contribution is -2.41. The number of aliphatic carboxylic acids is 1. The quantitative estimate of drug-likeness (QED) is 0.906. The van der Waals surface area contributed by atoms with Crippen molar-refractivity contribution < 1.29 is 18.3 Å². The van der Waals surface area contributed by atoms with Gasteiger partial charge in [0.25, 0.3) is 0 Å². The smallest absolute Gasteiger partial charge is 0.321 e. The Kier molecular flexibility index (Phi) is 5.17. The standard InChI is InChI=1S/C15H23NO4S/c1-6-13(14(17)18)16(5)21(19,20)12-9-7-11(8-10-12)15(2,3)4/h7-10,13H,6H2,1-5H3,(H,17,18). The number of hydrogen-bond acceptors (Lipinski definition) is 3. The van der Waals surface area contributed by atoms with Crippen LogP contribution in [0.1, 0.15) is 39.7 Å². The molecular weight excluding hydrogens is 290 g/mol. The first-order valence-electron chi connectivity index (χ1n) is 6.83. The fourth-order valence-corrected chi connectivity index (χ4v) is 3.43. The number of carbonyl (C=O) groups is 1. The number of carboxylic acid groups (broad SMARTS) is 1. The summed E-state index contributed by atoms with van der Waals surface area (Å²) in [6.45, 7) is 7.77. The van der Waals surface area contributed by atoms with E-state index in [1.165, 1.54) is 19.2 Å². The molecule has 0 saturated heterocycles. The Morgan fingerprint density at radius 3 is 2.05 bits per heavy atom. The highest BCUT2D eigenvalue weighted by Gasteiger charge is 2.31. The van der Waals surface area contributed by atoms with E-state index in [0.29, 0.717) is 0 Å². The molecule has 0 saturated carbocycles. The molecule has 1 aromatic carbocycles. The van der Waals surface area contributed by atoms with Crippen LogP contribution >= 0.6 is 0 Å². The molecule has 0 aliphatic rings. The topological polar surface area (TPSA) is 74.7 Å². The Bertz CT molecular complexity index is 600. The molecule has 0 radical (unpaired) electrons. The number of carboxylic acids is 1. The summed E-state index contributed by atoms with van der Waals surface area (Å²) in [4.78, 5) is 11.2. The van der Waals surface area contributed by atoms with E-state index in [4.69, 9.17) is 5.11 Å². The summed E-state index contributed by atoms with van der Waals surface area (Å²) in [5.74, 6) is -1.14. The highest BCUT2D eigenvalue weighted by Crippen LogP contribution is 2.25. The summed E-state index contributed by atoms with van der Waals surface area (Å²) in [5, 5.41) is 9.10. The maximum atomic E-state index is 12.5. The van der Waals surface area contributed by atoms with Gasteiger partial charge in [0.2, 0.25) is 10.0 Å². The third kappa shape index (κ3) is 3.83. The largest absolute Gasteiger partial charge is 0.480 e. The zero-order valence-electron chi connectivity index (χ0n) is 13.1. The van der Waals surface area contributed by atoms with Crippen molar-refractivity contribution in [2.24, 2.45) is 0 Å².